The zero-order chi connectivity index (χ0) is 21.7. The number of aromatic nitrogens is 5. The summed E-state index contributed by atoms with van der Waals surface area (Å²) in [5.74, 6) is 1.90. The third kappa shape index (κ3) is 5.68. The van der Waals surface area contributed by atoms with Crippen molar-refractivity contribution in [2.24, 2.45) is 13.0 Å². The van der Waals surface area contributed by atoms with Crippen LogP contribution in [-0.2, 0) is 13.2 Å². The Morgan fingerprint density at radius 2 is 1.97 bits per heavy atom. The van der Waals surface area contributed by atoms with E-state index < -0.39 is 11.9 Å². The quantitative estimate of drug-likeness (QED) is 0.618. The average Bonchev–Trinajstić information content (AvgIpc) is 3.46. The van der Waals surface area contributed by atoms with E-state index in [0.29, 0.717) is 18.3 Å². The number of halogens is 3. The molecule has 0 N–H and O–H groups in total. The molecule has 0 aromatic carbocycles. The summed E-state index contributed by atoms with van der Waals surface area (Å²) in [4.78, 5) is 12.0. The number of nitrogens with zero attached hydrogens (tertiary/aromatic N) is 5. The molecule has 3 aromatic heterocycles. The van der Waals surface area contributed by atoms with E-state index in [1.807, 2.05) is 12.1 Å². The number of pyridine rings is 1. The lowest BCUT2D eigenvalue weighted by molar-refractivity contribution is -0.140. The van der Waals surface area contributed by atoms with Gasteiger partial charge in [0.2, 0.25) is 5.88 Å². The first-order valence-corrected chi connectivity index (χ1v) is 9.29. The largest absolute Gasteiger partial charge is 0.495 e. The molecule has 1 aliphatic carbocycles. The Morgan fingerprint density at radius 3 is 2.53 bits per heavy atom. The number of rotatable bonds is 5. The van der Waals surface area contributed by atoms with Crippen LogP contribution in [0.2, 0.25) is 0 Å². The lowest BCUT2D eigenvalue weighted by Gasteiger charge is -2.11. The molecule has 3 aromatic rings. The molecule has 1 aliphatic rings. The minimum atomic E-state index is -4.55. The van der Waals surface area contributed by atoms with E-state index >= 15 is 0 Å². The van der Waals surface area contributed by atoms with Gasteiger partial charge in [-0.15, -0.1) is 0 Å². The second-order valence-corrected chi connectivity index (χ2v) is 6.85. The van der Waals surface area contributed by atoms with Gasteiger partial charge in [-0.25, -0.2) is 4.98 Å². The summed E-state index contributed by atoms with van der Waals surface area (Å²) in [6.07, 6.45) is 3.66. The van der Waals surface area contributed by atoms with Crippen molar-refractivity contribution in [1.29, 1.82) is 0 Å². The average molecular weight is 421 g/mol. The minimum Gasteiger partial charge on any atom is -0.495 e. The van der Waals surface area contributed by atoms with Gasteiger partial charge in [0, 0.05) is 31.2 Å². The molecule has 0 spiro atoms. The molecule has 0 amide bonds. The van der Waals surface area contributed by atoms with E-state index in [9.17, 15) is 13.2 Å². The maximum absolute atomic E-state index is 13.1. The topological polar surface area (TPSA) is 75.0 Å². The maximum Gasteiger partial charge on any atom is 0.435 e. The molecule has 0 aliphatic heterocycles. The van der Waals surface area contributed by atoms with Crippen molar-refractivity contribution >= 4 is 0 Å². The summed E-state index contributed by atoms with van der Waals surface area (Å²) >= 11 is 0. The van der Waals surface area contributed by atoms with Crippen LogP contribution in [0.25, 0.3) is 11.1 Å². The van der Waals surface area contributed by atoms with Crippen LogP contribution >= 0.6 is 0 Å². The molecule has 1 saturated carbocycles. The normalized spacial score (nSPS) is 13.4. The van der Waals surface area contributed by atoms with Crippen molar-refractivity contribution < 1.29 is 22.6 Å². The van der Waals surface area contributed by atoms with Crippen LogP contribution in [-0.4, -0.2) is 38.4 Å². The molecule has 160 valence electrons. The van der Waals surface area contributed by atoms with Gasteiger partial charge in [-0.05, 0) is 37.8 Å². The van der Waals surface area contributed by atoms with Crippen LogP contribution < -0.4 is 9.47 Å². The van der Waals surface area contributed by atoms with Crippen LogP contribution in [0, 0.1) is 12.8 Å². The lowest BCUT2D eigenvalue weighted by Crippen LogP contribution is -2.09. The Morgan fingerprint density at radius 1 is 1.20 bits per heavy atom. The zero-order valence-corrected chi connectivity index (χ0v) is 16.8. The molecule has 0 saturated heterocycles. The highest BCUT2D eigenvalue weighted by molar-refractivity contribution is 5.70. The Kier molecular flexibility index (Phi) is 6.53. The monoisotopic (exact) mass is 421 g/mol. The van der Waals surface area contributed by atoms with Crippen molar-refractivity contribution in [2.45, 2.75) is 25.9 Å². The van der Waals surface area contributed by atoms with Crippen molar-refractivity contribution in [3.05, 3.63) is 48.4 Å². The number of methoxy groups -OCH3 is 1. The number of ether oxygens (including phenoxy) is 2. The molecular weight excluding hydrogens is 399 g/mol. The molecule has 0 bridgehead atoms. The van der Waals surface area contributed by atoms with E-state index in [0.717, 1.165) is 23.3 Å². The summed E-state index contributed by atoms with van der Waals surface area (Å²) in [5, 5.41) is 3.51. The fourth-order valence-corrected chi connectivity index (χ4v) is 2.59. The maximum atomic E-state index is 13.1. The molecule has 0 atom stereocenters. The Hall–Kier alpha value is -3.17. The van der Waals surface area contributed by atoms with Gasteiger partial charge in [0.15, 0.2) is 5.69 Å². The summed E-state index contributed by atoms with van der Waals surface area (Å²) in [7, 11) is 3.07. The molecular formula is C20H22F3N5O2. The molecule has 7 nitrogen and oxygen atoms in total. The van der Waals surface area contributed by atoms with Crippen LogP contribution in [0.1, 0.15) is 24.4 Å². The van der Waals surface area contributed by atoms with Gasteiger partial charge in [-0.3, -0.25) is 9.67 Å². The van der Waals surface area contributed by atoms with Crippen molar-refractivity contribution in [2.75, 3.05) is 13.7 Å². The predicted molar refractivity (Wildman–Crippen MR) is 103 cm³/mol. The third-order valence-corrected chi connectivity index (χ3v) is 4.28. The fraction of sp³-hybridized carbons (Fsp3) is 0.400. The first-order valence-electron chi connectivity index (χ1n) is 9.29. The van der Waals surface area contributed by atoms with Crippen molar-refractivity contribution in [1.82, 2.24) is 24.7 Å². The Labute approximate surface area is 171 Å². The first kappa shape index (κ1) is 21.5. The highest BCUT2D eigenvalue weighted by Crippen LogP contribution is 2.39. The summed E-state index contributed by atoms with van der Waals surface area (Å²) in [5.41, 5.74) is -0.814. The zero-order valence-electron chi connectivity index (χ0n) is 16.8. The van der Waals surface area contributed by atoms with Gasteiger partial charge in [-0.2, -0.15) is 23.3 Å². The van der Waals surface area contributed by atoms with Gasteiger partial charge < -0.3 is 9.47 Å². The summed E-state index contributed by atoms with van der Waals surface area (Å²) < 4.78 is 51.0. The van der Waals surface area contributed by atoms with Gasteiger partial charge in [0.05, 0.1) is 25.5 Å². The summed E-state index contributed by atoms with van der Waals surface area (Å²) in [6, 6.07) is 3.69. The number of aryl methyl sites for hydroxylation is 2. The number of hydrogen-bond acceptors (Lipinski definition) is 6. The molecule has 4 rings (SSSR count). The van der Waals surface area contributed by atoms with Crippen LogP contribution in [0.3, 0.4) is 0 Å². The molecule has 30 heavy (non-hydrogen) atoms. The van der Waals surface area contributed by atoms with E-state index in [-0.39, 0.29) is 17.0 Å². The molecule has 10 heteroatoms. The SMILES string of the molecule is COc1cccnc1.Cc1ncc(-c2cn(C)nc2C(F)(F)F)c(OCC2CC2)n1. The Bertz CT molecular complexity index is 972. The third-order valence-electron chi connectivity index (χ3n) is 4.28. The molecule has 0 unspecified atom stereocenters. The van der Waals surface area contributed by atoms with Gasteiger partial charge >= 0.3 is 6.18 Å². The van der Waals surface area contributed by atoms with E-state index in [4.69, 9.17) is 9.47 Å². The van der Waals surface area contributed by atoms with Crippen LogP contribution in [0.5, 0.6) is 11.6 Å². The van der Waals surface area contributed by atoms with Gasteiger partial charge in [0.25, 0.3) is 0 Å². The molecule has 1 fully saturated rings. The van der Waals surface area contributed by atoms with Crippen LogP contribution in [0.15, 0.2) is 36.9 Å². The summed E-state index contributed by atoms with van der Waals surface area (Å²) in [6.45, 7) is 2.13. The number of alkyl halides is 3. The van der Waals surface area contributed by atoms with E-state index in [1.165, 1.54) is 19.4 Å². The second kappa shape index (κ2) is 9.10. The smallest absolute Gasteiger partial charge is 0.435 e. The fourth-order valence-electron chi connectivity index (χ4n) is 2.59. The van der Waals surface area contributed by atoms with Gasteiger partial charge in [0.1, 0.15) is 11.6 Å². The highest BCUT2D eigenvalue weighted by atomic mass is 19.4. The van der Waals surface area contributed by atoms with E-state index in [1.54, 1.807) is 26.4 Å². The first-order chi connectivity index (χ1) is 14.3. The van der Waals surface area contributed by atoms with Gasteiger partial charge in [-0.1, -0.05) is 0 Å². The highest BCUT2D eigenvalue weighted by Gasteiger charge is 2.38. The Balaban J connectivity index is 0.000000269. The lowest BCUT2D eigenvalue weighted by atomic mass is 10.1. The van der Waals surface area contributed by atoms with E-state index in [2.05, 4.69) is 20.1 Å². The second-order valence-electron chi connectivity index (χ2n) is 6.85. The van der Waals surface area contributed by atoms with Crippen molar-refractivity contribution in [3.8, 4) is 22.8 Å². The minimum absolute atomic E-state index is 0.0687. The predicted octanol–water partition coefficient (Wildman–Crippen LogP) is 4.08. The molecule has 3 heterocycles. The van der Waals surface area contributed by atoms with Crippen LogP contribution in [0.4, 0.5) is 13.2 Å². The number of hydrogen-bond donors (Lipinski definition) is 0. The van der Waals surface area contributed by atoms with Crippen molar-refractivity contribution in [3.63, 3.8) is 0 Å². The molecule has 0 radical (unpaired) electrons. The standard InChI is InChI=1S/C14H15F3N4O.C6H7NO/c1-8-18-5-10(13(19-8)22-7-9-3-4-9)11-6-21(2)20-12(11)14(15,16)17;1-8-6-3-2-4-7-5-6/h5-6,9H,3-4,7H2,1-2H3;2-5H,1H3.